The van der Waals surface area contributed by atoms with Crippen molar-refractivity contribution in [2.75, 3.05) is 5.32 Å². The molecule has 1 aliphatic rings. The monoisotopic (exact) mass is 268 g/mol. The van der Waals surface area contributed by atoms with Gasteiger partial charge in [0.25, 0.3) is 0 Å². The van der Waals surface area contributed by atoms with E-state index in [1.807, 2.05) is 12.1 Å². The van der Waals surface area contributed by atoms with Gasteiger partial charge in [-0.05, 0) is 31.9 Å². The number of carboxylic acids is 1. The summed E-state index contributed by atoms with van der Waals surface area (Å²) in [6, 6.07) is 7.29. The Morgan fingerprint density at radius 2 is 2.25 bits per heavy atom. The van der Waals surface area contributed by atoms with Crippen LogP contribution in [0.1, 0.15) is 26.2 Å². The first kappa shape index (κ1) is 14.4. The van der Waals surface area contributed by atoms with E-state index >= 15 is 0 Å². The van der Waals surface area contributed by atoms with Gasteiger partial charge >= 0.3 is 5.97 Å². The third kappa shape index (κ3) is 2.76. The summed E-state index contributed by atoms with van der Waals surface area (Å²) in [7, 11) is 5.71. The van der Waals surface area contributed by atoms with Crippen LogP contribution in [-0.4, -0.2) is 25.1 Å². The van der Waals surface area contributed by atoms with Crippen LogP contribution in [0.3, 0.4) is 0 Å². The number of benzene rings is 1. The van der Waals surface area contributed by atoms with Crippen LogP contribution < -0.4 is 10.8 Å². The van der Waals surface area contributed by atoms with E-state index in [9.17, 15) is 9.90 Å². The fourth-order valence-corrected chi connectivity index (χ4v) is 2.33. The number of nitrogens with one attached hydrogen (secondary N) is 1. The molecule has 4 nitrogen and oxygen atoms in total. The van der Waals surface area contributed by atoms with Gasteiger partial charge in [0.05, 0.1) is 5.70 Å². The minimum Gasteiger partial charge on any atom is -0.481 e. The zero-order valence-electron chi connectivity index (χ0n) is 11.5. The second-order valence-corrected chi connectivity index (χ2v) is 4.93. The Bertz CT molecular complexity index is 563. The molecule has 0 aliphatic heterocycles. The highest BCUT2D eigenvalue weighted by Crippen LogP contribution is 2.47. The maximum absolute atomic E-state index is 11.5. The van der Waals surface area contributed by atoms with Gasteiger partial charge in [0.1, 0.15) is 13.3 Å². The number of aliphatic imine (C=N–C) groups is 1. The second-order valence-electron chi connectivity index (χ2n) is 4.93. The number of hydrogen-bond acceptors (Lipinski definition) is 3. The van der Waals surface area contributed by atoms with Crippen molar-refractivity contribution in [3.8, 4) is 0 Å². The standard InChI is InChI=1S/C15H17BN2O2/c1-2-17-13(15(14(19)20)7-4-8-15)10-18-12-6-3-5-11(16)9-12/h2-3,5-6,9-10,18H,4,7-8H2,1H3,(H,19,20)/b13-10-,17-2?. The zero-order chi connectivity index (χ0) is 14.6. The summed E-state index contributed by atoms with van der Waals surface area (Å²) in [6.07, 6.45) is 5.47. The van der Waals surface area contributed by atoms with E-state index in [4.69, 9.17) is 7.85 Å². The Labute approximate surface area is 120 Å². The molecule has 0 spiro atoms. The lowest BCUT2D eigenvalue weighted by Crippen LogP contribution is -2.39. The zero-order valence-corrected chi connectivity index (χ0v) is 11.5. The molecule has 0 amide bonds. The highest BCUT2D eigenvalue weighted by Gasteiger charge is 2.47. The van der Waals surface area contributed by atoms with Crippen LogP contribution in [0.2, 0.25) is 0 Å². The molecular weight excluding hydrogens is 251 g/mol. The van der Waals surface area contributed by atoms with Gasteiger partial charge in [-0.2, -0.15) is 0 Å². The summed E-state index contributed by atoms with van der Waals surface area (Å²) in [5.41, 5.74) is 1.18. The van der Waals surface area contributed by atoms with Crippen LogP contribution >= 0.6 is 0 Å². The van der Waals surface area contributed by atoms with Crippen molar-refractivity contribution < 1.29 is 9.90 Å². The number of carbonyl (C=O) groups is 1. The van der Waals surface area contributed by atoms with E-state index in [1.165, 1.54) is 0 Å². The van der Waals surface area contributed by atoms with Gasteiger partial charge in [0.15, 0.2) is 0 Å². The number of hydrogen-bond donors (Lipinski definition) is 2. The Balaban J connectivity index is 2.24. The summed E-state index contributed by atoms with van der Waals surface area (Å²) in [5, 5.41) is 12.5. The maximum Gasteiger partial charge on any atom is 0.315 e. The van der Waals surface area contributed by atoms with Crippen LogP contribution in [-0.2, 0) is 4.79 Å². The summed E-state index contributed by atoms with van der Waals surface area (Å²) in [6.45, 7) is 1.78. The van der Waals surface area contributed by atoms with Crippen molar-refractivity contribution in [3.63, 3.8) is 0 Å². The normalized spacial score (nSPS) is 17.8. The van der Waals surface area contributed by atoms with Crippen LogP contribution in [0.4, 0.5) is 5.69 Å². The second kappa shape index (κ2) is 5.95. The van der Waals surface area contributed by atoms with E-state index in [2.05, 4.69) is 10.3 Å². The van der Waals surface area contributed by atoms with Gasteiger partial charge < -0.3 is 10.4 Å². The molecule has 2 radical (unpaired) electrons. The van der Waals surface area contributed by atoms with Crippen molar-refractivity contribution in [1.29, 1.82) is 0 Å². The molecule has 0 unspecified atom stereocenters. The minimum absolute atomic E-state index is 0.557. The average molecular weight is 268 g/mol. The van der Waals surface area contributed by atoms with E-state index in [-0.39, 0.29) is 0 Å². The molecule has 5 heteroatoms. The number of nitrogens with zero attached hydrogens (tertiary/aromatic N) is 1. The first-order valence-corrected chi connectivity index (χ1v) is 6.63. The van der Waals surface area contributed by atoms with Gasteiger partial charge in [-0.3, -0.25) is 9.79 Å². The minimum atomic E-state index is -0.847. The molecule has 0 saturated heterocycles. The smallest absolute Gasteiger partial charge is 0.315 e. The van der Waals surface area contributed by atoms with E-state index < -0.39 is 11.4 Å². The van der Waals surface area contributed by atoms with Crippen LogP contribution in [0.5, 0.6) is 0 Å². The van der Waals surface area contributed by atoms with Gasteiger partial charge in [-0.15, -0.1) is 0 Å². The number of carboxylic acid groups (broad SMARTS) is 1. The van der Waals surface area contributed by atoms with E-state index in [1.54, 1.807) is 31.5 Å². The number of aliphatic carboxylic acids is 1. The summed E-state index contributed by atoms with van der Waals surface area (Å²) < 4.78 is 0. The molecule has 2 N–H and O–H groups in total. The SMILES string of the molecule is [B]c1cccc(N/C=C(\N=CC)C2(C(=O)O)CCC2)c1. The molecule has 1 aromatic rings. The molecule has 20 heavy (non-hydrogen) atoms. The Hall–Kier alpha value is -2.04. The highest BCUT2D eigenvalue weighted by atomic mass is 16.4. The van der Waals surface area contributed by atoms with E-state index in [0.717, 1.165) is 12.1 Å². The molecule has 0 aromatic heterocycles. The first-order valence-electron chi connectivity index (χ1n) is 6.63. The number of rotatable bonds is 5. The molecule has 2 rings (SSSR count). The molecule has 1 aromatic carbocycles. The van der Waals surface area contributed by atoms with Crippen molar-refractivity contribution in [2.45, 2.75) is 26.2 Å². The number of anilines is 1. The Morgan fingerprint density at radius 1 is 1.50 bits per heavy atom. The van der Waals surface area contributed by atoms with Crippen LogP contribution in [0.25, 0.3) is 0 Å². The topological polar surface area (TPSA) is 61.7 Å². The first-order chi connectivity index (χ1) is 9.58. The molecule has 1 fully saturated rings. The van der Waals surface area contributed by atoms with Crippen molar-refractivity contribution in [1.82, 2.24) is 0 Å². The van der Waals surface area contributed by atoms with Crippen LogP contribution in [0, 0.1) is 5.41 Å². The molecule has 102 valence electrons. The predicted molar refractivity (Wildman–Crippen MR) is 81.6 cm³/mol. The van der Waals surface area contributed by atoms with E-state index in [0.29, 0.717) is 24.0 Å². The molecule has 0 bridgehead atoms. The van der Waals surface area contributed by atoms with Crippen molar-refractivity contribution in [3.05, 3.63) is 36.2 Å². The molecule has 0 heterocycles. The quantitative estimate of drug-likeness (QED) is 0.634. The van der Waals surface area contributed by atoms with Gasteiger partial charge in [0, 0.05) is 18.1 Å². The third-order valence-electron chi connectivity index (χ3n) is 3.64. The largest absolute Gasteiger partial charge is 0.481 e. The predicted octanol–water partition coefficient (Wildman–Crippen LogP) is 2.08. The maximum atomic E-state index is 11.5. The third-order valence-corrected chi connectivity index (χ3v) is 3.64. The fourth-order valence-electron chi connectivity index (χ4n) is 2.33. The van der Waals surface area contributed by atoms with Crippen LogP contribution in [0.15, 0.2) is 41.2 Å². The van der Waals surface area contributed by atoms with Gasteiger partial charge in [-0.1, -0.05) is 24.0 Å². The van der Waals surface area contributed by atoms with Gasteiger partial charge in [-0.25, -0.2) is 0 Å². The molecule has 1 saturated carbocycles. The average Bonchev–Trinajstić information content (AvgIpc) is 2.34. The summed E-state index contributed by atoms with van der Waals surface area (Å²) in [5.74, 6) is -0.810. The molecule has 1 aliphatic carbocycles. The van der Waals surface area contributed by atoms with Gasteiger partial charge in [0.2, 0.25) is 0 Å². The lowest BCUT2D eigenvalue weighted by Gasteiger charge is -2.37. The molecule has 0 atom stereocenters. The lowest BCUT2D eigenvalue weighted by atomic mass is 9.66. The summed E-state index contributed by atoms with van der Waals surface area (Å²) in [4.78, 5) is 15.8. The van der Waals surface area contributed by atoms with Crippen molar-refractivity contribution >= 4 is 31.2 Å². The fraction of sp³-hybridized carbons (Fsp3) is 0.333. The summed E-state index contributed by atoms with van der Waals surface area (Å²) >= 11 is 0. The highest BCUT2D eigenvalue weighted by molar-refractivity contribution is 6.32. The van der Waals surface area contributed by atoms with Crippen molar-refractivity contribution in [2.24, 2.45) is 10.4 Å². The molecular formula is C15H17BN2O2. The Kier molecular flexibility index (Phi) is 4.27. The Morgan fingerprint density at radius 3 is 2.75 bits per heavy atom. The lowest BCUT2D eigenvalue weighted by molar-refractivity contribution is -0.151.